The molecule has 0 amide bonds. The highest BCUT2D eigenvalue weighted by Gasteiger charge is 2.29. The minimum atomic E-state index is -3.32. The number of sulfone groups is 1. The third-order valence-electron chi connectivity index (χ3n) is 6.80. The van der Waals surface area contributed by atoms with Crippen molar-refractivity contribution in [1.82, 2.24) is 9.72 Å². The van der Waals surface area contributed by atoms with Gasteiger partial charge in [-0.05, 0) is 56.4 Å². The Labute approximate surface area is 197 Å². The molecule has 1 aliphatic carbocycles. The molecule has 5 rings (SSSR count). The van der Waals surface area contributed by atoms with E-state index in [1.807, 2.05) is 22.8 Å². The summed E-state index contributed by atoms with van der Waals surface area (Å²) >= 11 is 6.53. The third-order valence-corrected chi connectivity index (χ3v) is 8.88. The first-order valence-corrected chi connectivity index (χ1v) is 13.3. The second kappa shape index (κ2) is 8.61. The standard InChI is InChI=1S/C25H25ClN2O4S/c1-16-22-24(27-32-16)23-20(26)11-6-12-21(23)28(25(22)29)18-8-5-7-17(15-18)13-14-33(30,31)19-9-3-2-4-10-19/h2-4,6,9-12,17-18H,5,7-8,13-15H2,1H3. The number of halogens is 1. The van der Waals surface area contributed by atoms with Gasteiger partial charge in [-0.1, -0.05) is 53.9 Å². The molecule has 172 valence electrons. The van der Waals surface area contributed by atoms with Crippen molar-refractivity contribution < 1.29 is 12.9 Å². The van der Waals surface area contributed by atoms with E-state index >= 15 is 0 Å². The molecule has 0 saturated heterocycles. The first kappa shape index (κ1) is 22.2. The fourth-order valence-electron chi connectivity index (χ4n) is 5.16. The van der Waals surface area contributed by atoms with Gasteiger partial charge in [-0.15, -0.1) is 0 Å². The third kappa shape index (κ3) is 3.97. The molecular formula is C25H25ClN2O4S. The van der Waals surface area contributed by atoms with Gasteiger partial charge in [0.25, 0.3) is 5.56 Å². The molecule has 2 aromatic heterocycles. The average molecular weight is 485 g/mol. The molecule has 33 heavy (non-hydrogen) atoms. The lowest BCUT2D eigenvalue weighted by Crippen LogP contribution is -2.30. The molecule has 1 saturated carbocycles. The van der Waals surface area contributed by atoms with E-state index < -0.39 is 9.84 Å². The number of hydrogen-bond donors (Lipinski definition) is 0. The summed E-state index contributed by atoms with van der Waals surface area (Å²) in [4.78, 5) is 13.9. The van der Waals surface area contributed by atoms with Gasteiger partial charge in [0.15, 0.2) is 9.84 Å². The van der Waals surface area contributed by atoms with E-state index in [0.717, 1.165) is 36.6 Å². The summed E-state index contributed by atoms with van der Waals surface area (Å²) in [6.45, 7) is 1.74. The molecule has 2 atom stereocenters. The van der Waals surface area contributed by atoms with Crippen molar-refractivity contribution in [3.8, 4) is 0 Å². The van der Waals surface area contributed by atoms with E-state index in [0.29, 0.717) is 33.0 Å². The number of rotatable bonds is 5. The van der Waals surface area contributed by atoms with E-state index in [-0.39, 0.29) is 23.3 Å². The van der Waals surface area contributed by atoms with Crippen LogP contribution in [-0.4, -0.2) is 23.9 Å². The van der Waals surface area contributed by atoms with Crippen LogP contribution in [-0.2, 0) is 9.84 Å². The molecule has 0 spiro atoms. The summed E-state index contributed by atoms with van der Waals surface area (Å²) < 4.78 is 32.7. The molecular weight excluding hydrogens is 460 g/mol. The minimum absolute atomic E-state index is 0.0321. The number of fused-ring (bicyclic) bond motifs is 3. The number of hydrogen-bond acceptors (Lipinski definition) is 5. The summed E-state index contributed by atoms with van der Waals surface area (Å²) in [6, 6.07) is 14.1. The van der Waals surface area contributed by atoms with Crippen LogP contribution in [0.3, 0.4) is 0 Å². The lowest BCUT2D eigenvalue weighted by atomic mass is 9.83. The van der Waals surface area contributed by atoms with Crippen LogP contribution in [0, 0.1) is 12.8 Å². The fraction of sp³-hybridized carbons (Fsp3) is 0.360. The van der Waals surface area contributed by atoms with Gasteiger partial charge in [-0.25, -0.2) is 8.42 Å². The molecule has 2 unspecified atom stereocenters. The summed E-state index contributed by atoms with van der Waals surface area (Å²) in [6.07, 6.45) is 4.09. The van der Waals surface area contributed by atoms with Gasteiger partial charge in [-0.2, -0.15) is 0 Å². The lowest BCUT2D eigenvalue weighted by Gasteiger charge is -2.31. The highest BCUT2D eigenvalue weighted by Crippen LogP contribution is 2.38. The molecule has 0 radical (unpaired) electrons. The van der Waals surface area contributed by atoms with Gasteiger partial charge in [0.1, 0.15) is 16.7 Å². The van der Waals surface area contributed by atoms with Crippen molar-refractivity contribution in [2.24, 2.45) is 5.92 Å². The number of aromatic nitrogens is 2. The Bertz CT molecular complexity index is 1490. The fourth-order valence-corrected chi connectivity index (χ4v) is 6.87. The molecule has 1 aliphatic rings. The lowest BCUT2D eigenvalue weighted by molar-refractivity contribution is 0.263. The second-order valence-electron chi connectivity index (χ2n) is 8.88. The highest BCUT2D eigenvalue weighted by atomic mass is 35.5. The summed E-state index contributed by atoms with van der Waals surface area (Å²) in [5.41, 5.74) is 1.12. The Balaban J connectivity index is 1.48. The van der Waals surface area contributed by atoms with Gasteiger partial charge < -0.3 is 9.09 Å². The van der Waals surface area contributed by atoms with Crippen molar-refractivity contribution >= 4 is 43.2 Å². The monoisotopic (exact) mass is 484 g/mol. The van der Waals surface area contributed by atoms with E-state index in [1.165, 1.54) is 0 Å². The van der Waals surface area contributed by atoms with Crippen molar-refractivity contribution in [3.63, 3.8) is 0 Å². The number of pyridine rings is 1. The zero-order valence-electron chi connectivity index (χ0n) is 18.3. The Kier molecular flexibility index (Phi) is 5.79. The Morgan fingerprint density at radius 1 is 1.09 bits per heavy atom. The maximum absolute atomic E-state index is 13.6. The van der Waals surface area contributed by atoms with Gasteiger partial charge in [0.05, 0.1) is 21.2 Å². The van der Waals surface area contributed by atoms with Crippen LogP contribution in [0.1, 0.15) is 43.9 Å². The maximum atomic E-state index is 13.6. The second-order valence-corrected chi connectivity index (χ2v) is 11.4. The molecule has 4 aromatic rings. The van der Waals surface area contributed by atoms with Crippen LogP contribution < -0.4 is 5.56 Å². The molecule has 0 bridgehead atoms. The molecule has 8 heteroatoms. The zero-order chi connectivity index (χ0) is 23.2. The van der Waals surface area contributed by atoms with Crippen molar-refractivity contribution in [2.75, 3.05) is 5.75 Å². The smallest absolute Gasteiger partial charge is 0.264 e. The molecule has 2 heterocycles. The van der Waals surface area contributed by atoms with Crippen LogP contribution in [0.25, 0.3) is 21.8 Å². The minimum Gasteiger partial charge on any atom is -0.360 e. The first-order chi connectivity index (χ1) is 15.9. The van der Waals surface area contributed by atoms with Crippen molar-refractivity contribution in [3.05, 3.63) is 69.7 Å². The van der Waals surface area contributed by atoms with Crippen molar-refractivity contribution in [1.29, 1.82) is 0 Å². The van der Waals surface area contributed by atoms with Crippen LogP contribution in [0.4, 0.5) is 0 Å². The normalized spacial score (nSPS) is 19.3. The molecule has 2 aromatic carbocycles. The Morgan fingerprint density at radius 3 is 2.67 bits per heavy atom. The number of aryl methyl sites for hydroxylation is 1. The Hall–Kier alpha value is -2.64. The van der Waals surface area contributed by atoms with E-state index in [4.69, 9.17) is 16.1 Å². The SMILES string of the molecule is Cc1onc2c1c(=O)n(C1CCCC(CCS(=O)(=O)c3ccccc3)C1)c1cccc(Cl)c21. The largest absolute Gasteiger partial charge is 0.360 e. The first-order valence-electron chi connectivity index (χ1n) is 11.2. The molecule has 0 aliphatic heterocycles. The van der Waals surface area contributed by atoms with E-state index in [9.17, 15) is 13.2 Å². The topological polar surface area (TPSA) is 82.2 Å². The molecule has 1 fully saturated rings. The quantitative estimate of drug-likeness (QED) is 0.363. The van der Waals surface area contributed by atoms with Gasteiger partial charge in [0, 0.05) is 11.4 Å². The maximum Gasteiger partial charge on any atom is 0.264 e. The van der Waals surface area contributed by atoms with E-state index in [1.54, 1.807) is 37.3 Å². The van der Waals surface area contributed by atoms with Crippen LogP contribution >= 0.6 is 11.6 Å². The van der Waals surface area contributed by atoms with Crippen molar-refractivity contribution in [2.45, 2.75) is 50.0 Å². The van der Waals surface area contributed by atoms with Gasteiger partial charge in [0.2, 0.25) is 0 Å². The summed E-state index contributed by atoms with van der Waals surface area (Å²) in [5, 5.41) is 5.83. The summed E-state index contributed by atoms with van der Waals surface area (Å²) in [7, 11) is -3.32. The molecule has 0 N–H and O–H groups in total. The molecule has 6 nitrogen and oxygen atoms in total. The van der Waals surface area contributed by atoms with Gasteiger partial charge >= 0.3 is 0 Å². The average Bonchev–Trinajstić information content (AvgIpc) is 3.20. The van der Waals surface area contributed by atoms with Crippen LogP contribution in [0.15, 0.2) is 62.7 Å². The van der Waals surface area contributed by atoms with Gasteiger partial charge in [-0.3, -0.25) is 4.79 Å². The van der Waals surface area contributed by atoms with Crippen LogP contribution in [0.5, 0.6) is 0 Å². The Morgan fingerprint density at radius 2 is 1.88 bits per heavy atom. The number of benzene rings is 2. The number of nitrogens with zero attached hydrogens (tertiary/aromatic N) is 2. The van der Waals surface area contributed by atoms with Crippen LogP contribution in [0.2, 0.25) is 5.02 Å². The summed E-state index contributed by atoms with van der Waals surface area (Å²) in [5.74, 6) is 0.814. The predicted molar refractivity (Wildman–Crippen MR) is 130 cm³/mol. The highest BCUT2D eigenvalue weighted by molar-refractivity contribution is 7.91. The predicted octanol–water partition coefficient (Wildman–Crippen LogP) is 5.70. The zero-order valence-corrected chi connectivity index (χ0v) is 19.9. The van der Waals surface area contributed by atoms with E-state index in [2.05, 4.69) is 5.16 Å².